The van der Waals surface area contributed by atoms with Crippen molar-refractivity contribution in [1.82, 2.24) is 10.2 Å². The summed E-state index contributed by atoms with van der Waals surface area (Å²) >= 11 is 0. The van der Waals surface area contributed by atoms with E-state index >= 15 is 0 Å². The van der Waals surface area contributed by atoms with E-state index in [4.69, 9.17) is 4.74 Å². The third-order valence-corrected chi connectivity index (χ3v) is 5.39. The molecule has 1 N–H and O–H groups in total. The molecule has 1 saturated heterocycles. The van der Waals surface area contributed by atoms with Gasteiger partial charge in [-0.15, -0.1) is 0 Å². The SMILES string of the molecule is CCCNC1CCN(C2CCCC(OC)C2)CC1CC. The fraction of sp³-hybridized carbons (Fsp3) is 1.00. The Hall–Kier alpha value is -0.120. The molecular formula is C17H34N2O. The Morgan fingerprint density at radius 2 is 2.05 bits per heavy atom. The molecule has 0 aromatic heterocycles. The van der Waals surface area contributed by atoms with E-state index in [0.29, 0.717) is 6.10 Å². The van der Waals surface area contributed by atoms with Crippen LogP contribution in [-0.2, 0) is 4.74 Å². The zero-order valence-corrected chi connectivity index (χ0v) is 13.7. The quantitative estimate of drug-likeness (QED) is 0.810. The van der Waals surface area contributed by atoms with E-state index in [1.54, 1.807) is 0 Å². The third-order valence-electron chi connectivity index (χ3n) is 5.39. The van der Waals surface area contributed by atoms with Gasteiger partial charge in [0.1, 0.15) is 0 Å². The minimum absolute atomic E-state index is 0.504. The van der Waals surface area contributed by atoms with Crippen LogP contribution in [0.5, 0.6) is 0 Å². The van der Waals surface area contributed by atoms with Crippen molar-refractivity contribution in [2.24, 2.45) is 5.92 Å². The summed E-state index contributed by atoms with van der Waals surface area (Å²) in [6, 6.07) is 1.52. The van der Waals surface area contributed by atoms with Gasteiger partial charge in [0.15, 0.2) is 0 Å². The zero-order chi connectivity index (χ0) is 14.4. The van der Waals surface area contributed by atoms with Crippen LogP contribution in [-0.4, -0.2) is 49.8 Å². The minimum Gasteiger partial charge on any atom is -0.381 e. The van der Waals surface area contributed by atoms with Crippen molar-refractivity contribution >= 4 is 0 Å². The summed E-state index contributed by atoms with van der Waals surface area (Å²) in [4.78, 5) is 2.77. The highest BCUT2D eigenvalue weighted by molar-refractivity contribution is 4.89. The van der Waals surface area contributed by atoms with Crippen LogP contribution in [0.1, 0.15) is 58.8 Å². The lowest BCUT2D eigenvalue weighted by Crippen LogP contribution is -2.53. The number of hydrogen-bond donors (Lipinski definition) is 1. The molecule has 0 amide bonds. The highest BCUT2D eigenvalue weighted by Crippen LogP contribution is 2.29. The lowest BCUT2D eigenvalue weighted by molar-refractivity contribution is 0.00915. The molecular weight excluding hydrogens is 248 g/mol. The van der Waals surface area contributed by atoms with E-state index in [-0.39, 0.29) is 0 Å². The van der Waals surface area contributed by atoms with Gasteiger partial charge in [-0.1, -0.05) is 20.3 Å². The Bertz CT molecular complexity index is 272. The fourth-order valence-corrected chi connectivity index (χ4v) is 4.07. The smallest absolute Gasteiger partial charge is 0.0586 e. The van der Waals surface area contributed by atoms with E-state index in [2.05, 4.69) is 24.1 Å². The zero-order valence-electron chi connectivity index (χ0n) is 13.7. The van der Waals surface area contributed by atoms with Gasteiger partial charge in [0.2, 0.25) is 0 Å². The number of nitrogens with zero attached hydrogens (tertiary/aromatic N) is 1. The van der Waals surface area contributed by atoms with Gasteiger partial charge >= 0.3 is 0 Å². The summed E-state index contributed by atoms with van der Waals surface area (Å²) < 4.78 is 5.60. The first-order valence-electron chi connectivity index (χ1n) is 8.78. The molecule has 4 unspecified atom stereocenters. The van der Waals surface area contributed by atoms with Gasteiger partial charge < -0.3 is 10.1 Å². The van der Waals surface area contributed by atoms with Crippen LogP contribution in [0.2, 0.25) is 0 Å². The number of ether oxygens (including phenoxy) is 1. The van der Waals surface area contributed by atoms with Crippen molar-refractivity contribution in [3.05, 3.63) is 0 Å². The predicted octanol–water partition coefficient (Wildman–Crippen LogP) is 3.04. The molecule has 118 valence electrons. The van der Waals surface area contributed by atoms with E-state index in [1.165, 1.54) is 64.6 Å². The van der Waals surface area contributed by atoms with Crippen LogP contribution in [0.25, 0.3) is 0 Å². The summed E-state index contributed by atoms with van der Waals surface area (Å²) in [5.41, 5.74) is 0. The molecule has 3 heteroatoms. The van der Waals surface area contributed by atoms with Crippen LogP contribution in [0.4, 0.5) is 0 Å². The van der Waals surface area contributed by atoms with Gasteiger partial charge in [0.25, 0.3) is 0 Å². The summed E-state index contributed by atoms with van der Waals surface area (Å²) in [5.74, 6) is 0.832. The molecule has 3 nitrogen and oxygen atoms in total. The lowest BCUT2D eigenvalue weighted by atomic mass is 9.85. The normalized spacial score (nSPS) is 36.1. The summed E-state index contributed by atoms with van der Waals surface area (Å²) in [6.07, 6.45) is 9.61. The molecule has 0 bridgehead atoms. The Morgan fingerprint density at radius 3 is 2.75 bits per heavy atom. The van der Waals surface area contributed by atoms with Crippen LogP contribution in [0.3, 0.4) is 0 Å². The number of hydrogen-bond acceptors (Lipinski definition) is 3. The van der Waals surface area contributed by atoms with Crippen LogP contribution in [0, 0.1) is 5.92 Å². The van der Waals surface area contributed by atoms with E-state index in [9.17, 15) is 0 Å². The van der Waals surface area contributed by atoms with Gasteiger partial charge in [-0.25, -0.2) is 0 Å². The standard InChI is InChI=1S/C17H34N2O/c1-4-10-18-17-9-11-19(13-14(17)5-2)15-7-6-8-16(12-15)20-3/h14-18H,4-13H2,1-3H3. The molecule has 4 atom stereocenters. The van der Waals surface area contributed by atoms with E-state index < -0.39 is 0 Å². The first-order chi connectivity index (χ1) is 9.78. The molecule has 2 rings (SSSR count). The van der Waals surface area contributed by atoms with Gasteiger partial charge in [-0.3, -0.25) is 4.90 Å². The first kappa shape index (κ1) is 16.3. The number of likely N-dealkylation sites (tertiary alicyclic amines) is 1. The van der Waals surface area contributed by atoms with E-state index in [0.717, 1.165) is 18.0 Å². The average Bonchev–Trinajstić information content (AvgIpc) is 2.52. The van der Waals surface area contributed by atoms with Crippen molar-refractivity contribution in [1.29, 1.82) is 0 Å². The fourth-order valence-electron chi connectivity index (χ4n) is 4.07. The molecule has 0 radical (unpaired) electrons. The number of rotatable bonds is 6. The molecule has 1 aliphatic carbocycles. The molecule has 0 spiro atoms. The lowest BCUT2D eigenvalue weighted by Gasteiger charge is -2.44. The Balaban J connectivity index is 1.85. The van der Waals surface area contributed by atoms with Crippen molar-refractivity contribution in [3.8, 4) is 0 Å². The van der Waals surface area contributed by atoms with Crippen LogP contribution < -0.4 is 5.32 Å². The third kappa shape index (κ3) is 4.19. The summed E-state index contributed by atoms with van der Waals surface area (Å²) in [5, 5.41) is 3.76. The monoisotopic (exact) mass is 282 g/mol. The Labute approximate surface area is 125 Å². The van der Waals surface area contributed by atoms with Crippen molar-refractivity contribution < 1.29 is 4.74 Å². The van der Waals surface area contributed by atoms with Gasteiger partial charge in [0, 0.05) is 25.7 Å². The second-order valence-corrected chi connectivity index (χ2v) is 6.69. The molecule has 0 aromatic carbocycles. The molecule has 1 heterocycles. The molecule has 20 heavy (non-hydrogen) atoms. The summed E-state index contributed by atoms with van der Waals surface area (Å²) in [6.45, 7) is 8.36. The maximum atomic E-state index is 5.60. The van der Waals surface area contributed by atoms with Crippen molar-refractivity contribution in [2.45, 2.75) is 77.0 Å². The topological polar surface area (TPSA) is 24.5 Å². The number of nitrogens with one attached hydrogen (secondary N) is 1. The second kappa shape index (κ2) is 8.35. The van der Waals surface area contributed by atoms with E-state index in [1.807, 2.05) is 7.11 Å². The minimum atomic E-state index is 0.504. The maximum Gasteiger partial charge on any atom is 0.0586 e. The number of piperidine rings is 1. The van der Waals surface area contributed by atoms with Crippen molar-refractivity contribution in [3.63, 3.8) is 0 Å². The molecule has 1 aliphatic heterocycles. The Morgan fingerprint density at radius 1 is 1.20 bits per heavy atom. The largest absolute Gasteiger partial charge is 0.381 e. The van der Waals surface area contributed by atoms with Gasteiger partial charge in [-0.2, -0.15) is 0 Å². The first-order valence-corrected chi connectivity index (χ1v) is 8.78. The van der Waals surface area contributed by atoms with Crippen LogP contribution >= 0.6 is 0 Å². The molecule has 0 aromatic rings. The summed E-state index contributed by atoms with van der Waals surface area (Å²) in [7, 11) is 1.88. The highest BCUT2D eigenvalue weighted by atomic mass is 16.5. The highest BCUT2D eigenvalue weighted by Gasteiger charge is 2.33. The molecule has 2 fully saturated rings. The molecule has 1 saturated carbocycles. The maximum absolute atomic E-state index is 5.60. The van der Waals surface area contributed by atoms with Crippen molar-refractivity contribution in [2.75, 3.05) is 26.7 Å². The molecule has 2 aliphatic rings. The second-order valence-electron chi connectivity index (χ2n) is 6.69. The number of methoxy groups -OCH3 is 1. The van der Waals surface area contributed by atoms with Gasteiger partial charge in [-0.05, 0) is 57.5 Å². The van der Waals surface area contributed by atoms with Crippen LogP contribution in [0.15, 0.2) is 0 Å². The average molecular weight is 282 g/mol. The predicted molar refractivity (Wildman–Crippen MR) is 85.1 cm³/mol. The van der Waals surface area contributed by atoms with Gasteiger partial charge in [0.05, 0.1) is 6.10 Å². The Kier molecular flexibility index (Phi) is 6.79.